The fourth-order valence-electron chi connectivity index (χ4n) is 0.915. The Morgan fingerprint density at radius 1 is 1.23 bits per heavy atom. The zero-order chi connectivity index (χ0) is 9.36. The average molecular weight is 171 g/mol. The largest absolute Gasteiger partial charge is 0.289 e. The van der Waals surface area contributed by atoms with Gasteiger partial charge in [-0.05, 0) is 11.6 Å². The van der Waals surface area contributed by atoms with E-state index in [9.17, 15) is 0 Å². The van der Waals surface area contributed by atoms with Gasteiger partial charge in [-0.2, -0.15) is 0 Å². The Labute approximate surface area is 79.1 Å². The molecule has 0 amide bonds. The summed E-state index contributed by atoms with van der Waals surface area (Å²) in [5.41, 5.74) is 1.19. The van der Waals surface area contributed by atoms with Gasteiger partial charge in [-0.1, -0.05) is 42.5 Å². The molecule has 0 aromatic heterocycles. The molecule has 0 heterocycles. The Morgan fingerprint density at radius 2 is 2.00 bits per heavy atom. The van der Waals surface area contributed by atoms with Gasteiger partial charge in [0.1, 0.15) is 0 Å². The molecule has 1 aromatic carbocycles. The van der Waals surface area contributed by atoms with Gasteiger partial charge in [-0.3, -0.25) is 4.99 Å². The van der Waals surface area contributed by atoms with E-state index in [0.29, 0.717) is 6.54 Å². The van der Waals surface area contributed by atoms with Gasteiger partial charge < -0.3 is 0 Å². The van der Waals surface area contributed by atoms with Gasteiger partial charge >= 0.3 is 0 Å². The number of nitrogens with zero attached hydrogens (tertiary/aromatic N) is 1. The zero-order valence-corrected chi connectivity index (χ0v) is 7.56. The first-order valence-corrected chi connectivity index (χ1v) is 4.26. The van der Waals surface area contributed by atoms with Crippen LogP contribution in [0, 0.1) is 0 Å². The molecule has 13 heavy (non-hydrogen) atoms. The van der Waals surface area contributed by atoms with Crippen molar-refractivity contribution in [3.05, 3.63) is 54.6 Å². The van der Waals surface area contributed by atoms with Crippen molar-refractivity contribution < 1.29 is 0 Å². The monoisotopic (exact) mass is 171 g/mol. The van der Waals surface area contributed by atoms with Gasteiger partial charge in [-0.25, -0.2) is 0 Å². The Kier molecular flexibility index (Phi) is 4.33. The summed E-state index contributed by atoms with van der Waals surface area (Å²) in [6.07, 6.45) is 7.51. The third-order valence-electron chi connectivity index (χ3n) is 1.51. The van der Waals surface area contributed by atoms with Crippen LogP contribution in [0.2, 0.25) is 0 Å². The topological polar surface area (TPSA) is 12.4 Å². The van der Waals surface area contributed by atoms with Crippen molar-refractivity contribution in [2.75, 3.05) is 6.54 Å². The van der Waals surface area contributed by atoms with Crippen LogP contribution in [0.5, 0.6) is 0 Å². The normalized spacial score (nSPS) is 11.1. The van der Waals surface area contributed by atoms with Crippen molar-refractivity contribution in [1.82, 2.24) is 0 Å². The maximum Gasteiger partial charge on any atom is 0.0567 e. The van der Waals surface area contributed by atoms with Gasteiger partial charge in [0.15, 0.2) is 0 Å². The molecule has 0 aliphatic carbocycles. The van der Waals surface area contributed by atoms with Crippen molar-refractivity contribution in [2.45, 2.75) is 0 Å². The summed E-state index contributed by atoms with van der Waals surface area (Å²) in [4.78, 5) is 4.08. The zero-order valence-electron chi connectivity index (χ0n) is 7.56. The third kappa shape index (κ3) is 4.06. The minimum atomic E-state index is 0.680. The van der Waals surface area contributed by atoms with E-state index in [4.69, 9.17) is 0 Å². The average Bonchev–Trinajstić information content (AvgIpc) is 2.19. The first kappa shape index (κ1) is 9.46. The Hall–Kier alpha value is -1.63. The summed E-state index contributed by atoms with van der Waals surface area (Å²) in [7, 11) is 0. The van der Waals surface area contributed by atoms with Crippen LogP contribution >= 0.6 is 0 Å². The standard InChI is InChI=1S/C12H13N/c1-2-10-13-11-6-9-12-7-4-3-5-8-12/h2-9,11H,1,10H2/b9-6+,13-11+. The highest BCUT2D eigenvalue weighted by Gasteiger charge is 1.79. The van der Waals surface area contributed by atoms with Crippen LogP contribution in [0.25, 0.3) is 6.08 Å². The van der Waals surface area contributed by atoms with Crippen molar-refractivity contribution in [2.24, 2.45) is 4.99 Å². The Bertz CT molecular complexity index is 296. The second-order valence-electron chi connectivity index (χ2n) is 2.57. The summed E-state index contributed by atoms with van der Waals surface area (Å²) in [6, 6.07) is 10.1. The molecule has 1 aromatic rings. The fraction of sp³-hybridized carbons (Fsp3) is 0.0833. The molecular weight excluding hydrogens is 158 g/mol. The van der Waals surface area contributed by atoms with E-state index in [2.05, 4.69) is 23.7 Å². The van der Waals surface area contributed by atoms with Crippen molar-refractivity contribution in [3.63, 3.8) is 0 Å². The molecular formula is C12H13N. The SMILES string of the molecule is C=CC/N=C/C=C/c1ccccc1. The van der Waals surface area contributed by atoms with Crippen molar-refractivity contribution >= 4 is 12.3 Å². The van der Waals surface area contributed by atoms with Crippen LogP contribution in [0.1, 0.15) is 5.56 Å². The fourth-order valence-corrected chi connectivity index (χ4v) is 0.915. The molecule has 0 aliphatic heterocycles. The molecule has 0 bridgehead atoms. The molecule has 1 rings (SSSR count). The number of benzene rings is 1. The van der Waals surface area contributed by atoms with Gasteiger partial charge in [0.25, 0.3) is 0 Å². The molecule has 0 spiro atoms. The molecule has 1 heteroatoms. The third-order valence-corrected chi connectivity index (χ3v) is 1.51. The van der Waals surface area contributed by atoms with E-state index in [1.54, 1.807) is 12.3 Å². The summed E-state index contributed by atoms with van der Waals surface area (Å²) < 4.78 is 0. The van der Waals surface area contributed by atoms with E-state index >= 15 is 0 Å². The highest BCUT2D eigenvalue weighted by molar-refractivity contribution is 5.78. The van der Waals surface area contributed by atoms with Gasteiger partial charge in [0, 0.05) is 6.21 Å². The number of aliphatic imine (C=N–C) groups is 1. The summed E-state index contributed by atoms with van der Waals surface area (Å²) in [5.74, 6) is 0. The second kappa shape index (κ2) is 5.95. The number of hydrogen-bond acceptors (Lipinski definition) is 1. The van der Waals surface area contributed by atoms with E-state index in [-0.39, 0.29) is 0 Å². The van der Waals surface area contributed by atoms with E-state index < -0.39 is 0 Å². The Balaban J connectivity index is 2.45. The molecule has 0 fully saturated rings. The van der Waals surface area contributed by atoms with Crippen molar-refractivity contribution in [1.29, 1.82) is 0 Å². The predicted molar refractivity (Wildman–Crippen MR) is 59.0 cm³/mol. The molecule has 0 saturated heterocycles. The molecule has 1 nitrogen and oxygen atoms in total. The second-order valence-corrected chi connectivity index (χ2v) is 2.57. The molecule has 0 atom stereocenters. The molecule has 0 aliphatic rings. The lowest BCUT2D eigenvalue weighted by Gasteiger charge is -1.88. The van der Waals surface area contributed by atoms with Crippen LogP contribution in [-0.2, 0) is 0 Å². The maximum absolute atomic E-state index is 4.08. The summed E-state index contributed by atoms with van der Waals surface area (Å²) in [5, 5.41) is 0. The smallest absolute Gasteiger partial charge is 0.0567 e. The van der Waals surface area contributed by atoms with E-state index in [1.807, 2.05) is 30.4 Å². The highest BCUT2D eigenvalue weighted by atomic mass is 14.7. The van der Waals surface area contributed by atoms with Gasteiger partial charge in [-0.15, -0.1) is 6.58 Å². The van der Waals surface area contributed by atoms with Gasteiger partial charge in [0.2, 0.25) is 0 Å². The molecule has 66 valence electrons. The van der Waals surface area contributed by atoms with E-state index in [0.717, 1.165) is 0 Å². The highest BCUT2D eigenvalue weighted by Crippen LogP contribution is 1.99. The lowest BCUT2D eigenvalue weighted by Crippen LogP contribution is -1.72. The number of rotatable bonds is 4. The van der Waals surface area contributed by atoms with Crippen LogP contribution in [-0.4, -0.2) is 12.8 Å². The minimum absolute atomic E-state index is 0.680. The lowest BCUT2D eigenvalue weighted by molar-refractivity contribution is 1.27. The number of allylic oxidation sites excluding steroid dienone is 1. The quantitative estimate of drug-likeness (QED) is 0.488. The van der Waals surface area contributed by atoms with Gasteiger partial charge in [0.05, 0.1) is 6.54 Å². The van der Waals surface area contributed by atoms with Crippen molar-refractivity contribution in [3.8, 4) is 0 Å². The minimum Gasteiger partial charge on any atom is -0.289 e. The molecule has 0 N–H and O–H groups in total. The molecule has 0 saturated carbocycles. The van der Waals surface area contributed by atoms with Crippen LogP contribution in [0.3, 0.4) is 0 Å². The summed E-state index contributed by atoms with van der Waals surface area (Å²) >= 11 is 0. The predicted octanol–water partition coefficient (Wildman–Crippen LogP) is 2.96. The maximum atomic E-state index is 4.08. The lowest BCUT2D eigenvalue weighted by atomic mass is 10.2. The van der Waals surface area contributed by atoms with Crippen LogP contribution in [0.15, 0.2) is 54.1 Å². The first-order valence-electron chi connectivity index (χ1n) is 4.26. The molecule has 0 radical (unpaired) electrons. The first-order chi connectivity index (χ1) is 6.43. The number of hydrogen-bond donors (Lipinski definition) is 0. The van der Waals surface area contributed by atoms with Crippen LogP contribution in [0.4, 0.5) is 0 Å². The van der Waals surface area contributed by atoms with E-state index in [1.165, 1.54) is 5.56 Å². The molecule has 0 unspecified atom stereocenters. The van der Waals surface area contributed by atoms with Crippen LogP contribution < -0.4 is 0 Å². The summed E-state index contributed by atoms with van der Waals surface area (Å²) in [6.45, 7) is 4.26. The Morgan fingerprint density at radius 3 is 2.69 bits per heavy atom.